The molecular formula is C27H24N4O2. The zero-order valence-corrected chi connectivity index (χ0v) is 18.4. The highest BCUT2D eigenvalue weighted by Crippen LogP contribution is 2.44. The van der Waals surface area contributed by atoms with Crippen molar-refractivity contribution < 1.29 is 9.59 Å². The number of benzene rings is 3. The summed E-state index contributed by atoms with van der Waals surface area (Å²) in [5.74, 6) is -0.0445. The molecule has 6 rings (SSSR count). The molecule has 0 radical (unpaired) electrons. The molecule has 164 valence electrons. The molecule has 2 aliphatic heterocycles. The Morgan fingerprint density at radius 3 is 2.55 bits per heavy atom. The first-order chi connectivity index (χ1) is 16.1. The van der Waals surface area contributed by atoms with Crippen LogP contribution in [-0.4, -0.2) is 34.9 Å². The van der Waals surface area contributed by atoms with Gasteiger partial charge >= 0.3 is 0 Å². The van der Waals surface area contributed by atoms with Crippen LogP contribution in [0.15, 0.2) is 78.9 Å². The van der Waals surface area contributed by atoms with E-state index in [0.29, 0.717) is 6.54 Å². The third kappa shape index (κ3) is 3.02. The summed E-state index contributed by atoms with van der Waals surface area (Å²) >= 11 is 0. The summed E-state index contributed by atoms with van der Waals surface area (Å²) in [7, 11) is 2.03. The number of nitrogens with zero attached hydrogens (tertiary/aromatic N) is 3. The van der Waals surface area contributed by atoms with Crippen LogP contribution in [-0.2, 0) is 17.8 Å². The lowest BCUT2D eigenvalue weighted by atomic mass is 9.96. The maximum Gasteiger partial charge on any atom is 0.257 e. The van der Waals surface area contributed by atoms with Gasteiger partial charge in [-0.05, 0) is 42.3 Å². The largest absolute Gasteiger partial charge is 0.349 e. The van der Waals surface area contributed by atoms with Gasteiger partial charge in [-0.3, -0.25) is 9.59 Å². The summed E-state index contributed by atoms with van der Waals surface area (Å²) in [6, 6.07) is 25.5. The molecule has 2 amide bonds. The van der Waals surface area contributed by atoms with E-state index >= 15 is 0 Å². The van der Waals surface area contributed by atoms with Gasteiger partial charge in [0.25, 0.3) is 5.91 Å². The van der Waals surface area contributed by atoms with Crippen molar-refractivity contribution in [2.45, 2.75) is 19.1 Å². The van der Waals surface area contributed by atoms with Gasteiger partial charge in [0.1, 0.15) is 12.7 Å². The Morgan fingerprint density at radius 1 is 0.970 bits per heavy atom. The maximum absolute atomic E-state index is 13.4. The van der Waals surface area contributed by atoms with E-state index in [9.17, 15) is 9.59 Å². The Kier molecular flexibility index (Phi) is 4.47. The summed E-state index contributed by atoms with van der Waals surface area (Å²) in [6.45, 7) is 0.831. The molecule has 0 saturated heterocycles. The maximum atomic E-state index is 13.4. The molecule has 4 aromatic rings. The number of anilines is 2. The van der Waals surface area contributed by atoms with Crippen molar-refractivity contribution in [1.82, 2.24) is 9.47 Å². The summed E-state index contributed by atoms with van der Waals surface area (Å²) in [5.41, 5.74) is 5.68. The fourth-order valence-electron chi connectivity index (χ4n) is 5.34. The molecule has 6 heteroatoms. The number of hydrogen-bond donors (Lipinski definition) is 1. The molecule has 3 aromatic carbocycles. The second-order valence-corrected chi connectivity index (χ2v) is 8.63. The minimum absolute atomic E-state index is 0.0462. The smallest absolute Gasteiger partial charge is 0.257 e. The predicted molar refractivity (Wildman–Crippen MR) is 129 cm³/mol. The first-order valence-electron chi connectivity index (χ1n) is 11.2. The van der Waals surface area contributed by atoms with Gasteiger partial charge < -0.3 is 19.7 Å². The molecule has 1 aromatic heterocycles. The molecule has 1 atom stereocenters. The average molecular weight is 437 g/mol. The Labute approximate surface area is 192 Å². The topological polar surface area (TPSA) is 57.6 Å². The second-order valence-electron chi connectivity index (χ2n) is 8.63. The van der Waals surface area contributed by atoms with Gasteiger partial charge in [0.05, 0.1) is 16.9 Å². The number of amides is 2. The lowest BCUT2D eigenvalue weighted by Gasteiger charge is -2.46. The number of aromatic nitrogens is 1. The molecule has 3 heterocycles. The van der Waals surface area contributed by atoms with Crippen LogP contribution in [0.3, 0.4) is 0 Å². The first-order valence-corrected chi connectivity index (χ1v) is 11.2. The minimum Gasteiger partial charge on any atom is -0.349 e. The van der Waals surface area contributed by atoms with Crippen LogP contribution in [0.25, 0.3) is 10.9 Å². The van der Waals surface area contributed by atoms with E-state index in [4.69, 9.17) is 0 Å². The lowest BCUT2D eigenvalue weighted by molar-refractivity contribution is -0.116. The van der Waals surface area contributed by atoms with Crippen LogP contribution in [0.2, 0.25) is 0 Å². The fraction of sp³-hybridized carbons (Fsp3) is 0.185. The molecule has 1 N–H and O–H groups in total. The van der Waals surface area contributed by atoms with Crippen LogP contribution in [0.1, 0.15) is 27.8 Å². The normalized spacial score (nSPS) is 16.9. The van der Waals surface area contributed by atoms with E-state index < -0.39 is 0 Å². The molecule has 0 bridgehead atoms. The molecule has 0 unspecified atom stereocenters. The Bertz CT molecular complexity index is 1390. The lowest BCUT2D eigenvalue weighted by Crippen LogP contribution is -2.51. The first kappa shape index (κ1) is 19.6. The van der Waals surface area contributed by atoms with E-state index in [-0.39, 0.29) is 24.5 Å². The number of fused-ring (bicyclic) bond motifs is 6. The molecule has 6 nitrogen and oxygen atoms in total. The zero-order valence-electron chi connectivity index (χ0n) is 18.4. The number of nitrogens with one attached hydrogen (secondary N) is 1. The van der Waals surface area contributed by atoms with Gasteiger partial charge in [-0.25, -0.2) is 0 Å². The van der Waals surface area contributed by atoms with Crippen molar-refractivity contribution in [2.24, 2.45) is 0 Å². The van der Waals surface area contributed by atoms with Crippen molar-refractivity contribution in [2.75, 3.05) is 23.8 Å². The SMILES string of the molecule is CN1c2ccccc2C(=O)N2CCc3c(n(CC(=O)Nc4ccccc4)c4ccccc34)[C@@H]21. The summed E-state index contributed by atoms with van der Waals surface area (Å²) in [6.07, 6.45) is 0.509. The van der Waals surface area contributed by atoms with Crippen LogP contribution in [0, 0.1) is 0 Å². The standard InChI is InChI=1S/C27H24N4O2/c1-29-22-13-7-6-12-21(22)27(33)30-16-15-20-19-11-5-8-14-23(19)31(25(20)26(29)30)17-24(32)28-18-9-3-2-4-10-18/h2-14,26H,15-17H2,1H3,(H,28,32)/t26-/m1/s1. The monoisotopic (exact) mass is 436 g/mol. The molecule has 0 saturated carbocycles. The van der Waals surface area contributed by atoms with Gasteiger partial charge in [-0.15, -0.1) is 0 Å². The summed E-state index contributed by atoms with van der Waals surface area (Å²) < 4.78 is 2.09. The zero-order chi connectivity index (χ0) is 22.5. The van der Waals surface area contributed by atoms with Gasteiger partial charge in [0.15, 0.2) is 0 Å². The van der Waals surface area contributed by atoms with Crippen molar-refractivity contribution >= 4 is 34.1 Å². The second kappa shape index (κ2) is 7.52. The van der Waals surface area contributed by atoms with Crippen molar-refractivity contribution in [1.29, 1.82) is 0 Å². The quantitative estimate of drug-likeness (QED) is 0.517. The third-order valence-electron chi connectivity index (χ3n) is 6.76. The van der Waals surface area contributed by atoms with E-state index in [1.807, 2.05) is 78.7 Å². The summed E-state index contributed by atoms with van der Waals surface area (Å²) in [4.78, 5) is 30.6. The number of para-hydroxylation sites is 3. The highest BCUT2D eigenvalue weighted by Gasteiger charge is 2.42. The Hall–Kier alpha value is -4.06. The fourth-order valence-corrected chi connectivity index (χ4v) is 5.34. The van der Waals surface area contributed by atoms with Crippen LogP contribution >= 0.6 is 0 Å². The average Bonchev–Trinajstić information content (AvgIpc) is 3.16. The Morgan fingerprint density at radius 2 is 1.70 bits per heavy atom. The van der Waals surface area contributed by atoms with E-state index in [1.165, 1.54) is 5.56 Å². The van der Waals surface area contributed by atoms with Crippen molar-refractivity contribution in [3.05, 3.63) is 95.7 Å². The number of carbonyl (C=O) groups excluding carboxylic acids is 2. The number of carbonyl (C=O) groups is 2. The van der Waals surface area contributed by atoms with Gasteiger partial charge in [0.2, 0.25) is 5.91 Å². The number of rotatable bonds is 3. The van der Waals surface area contributed by atoms with Crippen molar-refractivity contribution in [3.8, 4) is 0 Å². The van der Waals surface area contributed by atoms with Gasteiger partial charge in [0, 0.05) is 30.2 Å². The van der Waals surface area contributed by atoms with Gasteiger partial charge in [-0.2, -0.15) is 0 Å². The molecule has 0 aliphatic carbocycles. The molecule has 33 heavy (non-hydrogen) atoms. The Balaban J connectivity index is 1.48. The summed E-state index contributed by atoms with van der Waals surface area (Å²) in [5, 5.41) is 4.16. The van der Waals surface area contributed by atoms with Gasteiger partial charge in [-0.1, -0.05) is 48.5 Å². The highest BCUT2D eigenvalue weighted by atomic mass is 16.2. The van der Waals surface area contributed by atoms with Crippen LogP contribution in [0.4, 0.5) is 11.4 Å². The molecule has 0 fully saturated rings. The van der Waals surface area contributed by atoms with Crippen LogP contribution < -0.4 is 10.2 Å². The third-order valence-corrected chi connectivity index (χ3v) is 6.76. The number of hydrogen-bond acceptors (Lipinski definition) is 3. The van der Waals surface area contributed by atoms with E-state index in [1.54, 1.807) is 0 Å². The van der Waals surface area contributed by atoms with Crippen molar-refractivity contribution in [3.63, 3.8) is 0 Å². The molecular weight excluding hydrogens is 412 g/mol. The van der Waals surface area contributed by atoms with Crippen LogP contribution in [0.5, 0.6) is 0 Å². The minimum atomic E-state index is -0.256. The van der Waals surface area contributed by atoms with E-state index in [2.05, 4.69) is 26.9 Å². The molecule has 0 spiro atoms. The van der Waals surface area contributed by atoms with E-state index in [0.717, 1.165) is 40.0 Å². The highest BCUT2D eigenvalue weighted by molar-refractivity contribution is 6.03. The molecule has 2 aliphatic rings. The predicted octanol–water partition coefficient (Wildman–Crippen LogP) is 4.43.